The number of nitrogens with zero attached hydrogens (tertiary/aromatic N) is 1. The smallest absolute Gasteiger partial charge is 0.373 e. The fourth-order valence-electron chi connectivity index (χ4n) is 1.91. The normalized spacial score (nSPS) is 10.3. The number of hydrogen-bond donors (Lipinski definition) is 1. The number of nitrogens with one attached hydrogen (secondary N) is 1. The fourth-order valence-corrected chi connectivity index (χ4v) is 2.27. The van der Waals surface area contributed by atoms with E-state index in [0.717, 1.165) is 15.8 Å². The minimum absolute atomic E-state index is 0.205. The maximum atomic E-state index is 11.3. The quantitative estimate of drug-likeness (QED) is 0.834. The molecule has 2 aromatic rings. The van der Waals surface area contributed by atoms with Gasteiger partial charge in [-0.25, -0.2) is 4.79 Å². The molecule has 0 atom stereocenters. The van der Waals surface area contributed by atoms with Crippen LogP contribution in [0.4, 0.5) is 11.4 Å². The van der Waals surface area contributed by atoms with Crippen LogP contribution in [0.3, 0.4) is 0 Å². The molecule has 0 bridgehead atoms. The number of carbonyl (C=O) groups excluding carboxylic acids is 1. The first kappa shape index (κ1) is 15.4. The van der Waals surface area contributed by atoms with Crippen molar-refractivity contribution in [2.24, 2.45) is 0 Å². The summed E-state index contributed by atoms with van der Waals surface area (Å²) in [5.41, 5.74) is 2.04. The number of benzene rings is 1. The highest BCUT2D eigenvalue weighted by Gasteiger charge is 2.11. The molecule has 0 saturated carbocycles. The van der Waals surface area contributed by atoms with Crippen molar-refractivity contribution in [1.82, 2.24) is 0 Å². The van der Waals surface area contributed by atoms with Gasteiger partial charge in [0.05, 0.1) is 25.0 Å². The van der Waals surface area contributed by atoms with Crippen molar-refractivity contribution >= 4 is 33.3 Å². The molecule has 0 radical (unpaired) electrons. The van der Waals surface area contributed by atoms with Crippen LogP contribution in [0.2, 0.25) is 0 Å². The first-order valence-corrected chi connectivity index (χ1v) is 7.18. The molecule has 0 aliphatic carbocycles. The van der Waals surface area contributed by atoms with E-state index in [-0.39, 0.29) is 5.76 Å². The number of carbonyl (C=O) groups is 1. The average molecular weight is 353 g/mol. The Kier molecular flexibility index (Phi) is 4.90. The van der Waals surface area contributed by atoms with E-state index >= 15 is 0 Å². The van der Waals surface area contributed by atoms with Gasteiger partial charge in [0.1, 0.15) is 5.76 Å². The zero-order valence-electron chi connectivity index (χ0n) is 12.1. The van der Waals surface area contributed by atoms with Gasteiger partial charge in [0.2, 0.25) is 5.76 Å². The molecule has 2 rings (SSSR count). The van der Waals surface area contributed by atoms with E-state index in [1.807, 2.05) is 37.2 Å². The second kappa shape index (κ2) is 6.67. The molecule has 1 aromatic heterocycles. The molecule has 0 aliphatic rings. The van der Waals surface area contributed by atoms with Gasteiger partial charge in [-0.05, 0) is 30.3 Å². The Morgan fingerprint density at radius 2 is 2.10 bits per heavy atom. The van der Waals surface area contributed by atoms with Crippen LogP contribution in [0, 0.1) is 0 Å². The summed E-state index contributed by atoms with van der Waals surface area (Å²) in [7, 11) is 5.29. The molecule has 1 aromatic carbocycles. The zero-order valence-corrected chi connectivity index (χ0v) is 13.7. The Morgan fingerprint density at radius 1 is 1.33 bits per heavy atom. The Morgan fingerprint density at radius 3 is 2.76 bits per heavy atom. The van der Waals surface area contributed by atoms with Gasteiger partial charge >= 0.3 is 5.97 Å². The average Bonchev–Trinajstić information content (AvgIpc) is 2.93. The van der Waals surface area contributed by atoms with Crippen molar-refractivity contribution in [3.05, 3.63) is 46.3 Å². The van der Waals surface area contributed by atoms with Crippen molar-refractivity contribution in [1.29, 1.82) is 0 Å². The first-order valence-electron chi connectivity index (χ1n) is 6.39. The lowest BCUT2D eigenvalue weighted by Crippen LogP contribution is -2.12. The van der Waals surface area contributed by atoms with Crippen molar-refractivity contribution < 1.29 is 13.9 Å². The van der Waals surface area contributed by atoms with Crippen LogP contribution in [-0.4, -0.2) is 27.2 Å². The molecular formula is C15H17BrN2O3. The van der Waals surface area contributed by atoms with Crippen molar-refractivity contribution in [2.45, 2.75) is 6.54 Å². The molecule has 0 spiro atoms. The predicted molar refractivity (Wildman–Crippen MR) is 85.8 cm³/mol. The van der Waals surface area contributed by atoms with Gasteiger partial charge in [0.15, 0.2) is 0 Å². The summed E-state index contributed by atoms with van der Waals surface area (Å²) in [5, 5.41) is 3.30. The monoisotopic (exact) mass is 352 g/mol. The minimum atomic E-state index is -0.474. The lowest BCUT2D eigenvalue weighted by Gasteiger charge is -2.18. The van der Waals surface area contributed by atoms with Gasteiger partial charge in [-0.1, -0.05) is 15.9 Å². The highest BCUT2D eigenvalue weighted by Crippen LogP contribution is 2.28. The van der Waals surface area contributed by atoms with Crippen LogP contribution in [0.15, 0.2) is 39.2 Å². The van der Waals surface area contributed by atoms with E-state index in [0.29, 0.717) is 12.3 Å². The third-order valence-electron chi connectivity index (χ3n) is 2.94. The number of rotatable bonds is 5. The summed E-state index contributed by atoms with van der Waals surface area (Å²) in [6.07, 6.45) is 0. The number of anilines is 2. The highest BCUT2D eigenvalue weighted by molar-refractivity contribution is 9.10. The molecule has 0 aliphatic heterocycles. The summed E-state index contributed by atoms with van der Waals surface area (Å²) in [4.78, 5) is 13.4. The lowest BCUT2D eigenvalue weighted by atomic mass is 10.2. The van der Waals surface area contributed by atoms with Crippen LogP contribution < -0.4 is 10.2 Å². The standard InChI is InChI=1S/C15H17BrN2O3/c1-18(2)13-6-4-10(16)8-12(13)17-9-11-5-7-14(21-11)15(19)20-3/h4-8,17H,9H2,1-3H3. The van der Waals surface area contributed by atoms with Gasteiger partial charge in [-0.15, -0.1) is 0 Å². The highest BCUT2D eigenvalue weighted by atomic mass is 79.9. The number of hydrogen-bond acceptors (Lipinski definition) is 5. The molecule has 0 unspecified atom stereocenters. The van der Waals surface area contributed by atoms with E-state index in [1.165, 1.54) is 7.11 Å². The van der Waals surface area contributed by atoms with Gasteiger partial charge in [0, 0.05) is 18.6 Å². The molecule has 21 heavy (non-hydrogen) atoms. The van der Waals surface area contributed by atoms with Crippen LogP contribution >= 0.6 is 15.9 Å². The van der Waals surface area contributed by atoms with Crippen molar-refractivity contribution in [3.8, 4) is 0 Å². The second-order valence-corrected chi connectivity index (χ2v) is 5.58. The molecular weight excluding hydrogens is 336 g/mol. The summed E-state index contributed by atoms with van der Waals surface area (Å²) >= 11 is 3.46. The van der Waals surface area contributed by atoms with Crippen LogP contribution in [-0.2, 0) is 11.3 Å². The third-order valence-corrected chi connectivity index (χ3v) is 3.43. The Hall–Kier alpha value is -1.95. The second-order valence-electron chi connectivity index (χ2n) is 4.67. The third kappa shape index (κ3) is 3.78. The van der Waals surface area contributed by atoms with Crippen molar-refractivity contribution in [3.63, 3.8) is 0 Å². The first-order chi connectivity index (χ1) is 10.0. The molecule has 1 N–H and O–H groups in total. The minimum Gasteiger partial charge on any atom is -0.463 e. The van der Waals surface area contributed by atoms with Gasteiger partial charge < -0.3 is 19.4 Å². The van der Waals surface area contributed by atoms with E-state index in [1.54, 1.807) is 12.1 Å². The molecule has 0 amide bonds. The number of esters is 1. The van der Waals surface area contributed by atoms with Gasteiger partial charge in [-0.2, -0.15) is 0 Å². The molecule has 0 saturated heterocycles. The largest absolute Gasteiger partial charge is 0.463 e. The Labute approximate surface area is 132 Å². The summed E-state index contributed by atoms with van der Waals surface area (Å²) in [6, 6.07) is 9.37. The number of furan rings is 1. The summed E-state index contributed by atoms with van der Waals surface area (Å²) in [6.45, 7) is 0.480. The van der Waals surface area contributed by atoms with Crippen molar-refractivity contribution in [2.75, 3.05) is 31.4 Å². The molecule has 0 fully saturated rings. The fraction of sp³-hybridized carbons (Fsp3) is 0.267. The van der Waals surface area contributed by atoms with E-state index < -0.39 is 5.97 Å². The van der Waals surface area contributed by atoms with E-state index in [2.05, 4.69) is 26.0 Å². The SMILES string of the molecule is COC(=O)c1ccc(CNc2cc(Br)ccc2N(C)C)o1. The Bertz CT molecular complexity index is 638. The lowest BCUT2D eigenvalue weighted by molar-refractivity contribution is 0.0563. The maximum absolute atomic E-state index is 11.3. The van der Waals surface area contributed by atoms with Crippen LogP contribution in [0.1, 0.15) is 16.3 Å². The van der Waals surface area contributed by atoms with Crippen LogP contribution in [0.25, 0.3) is 0 Å². The van der Waals surface area contributed by atoms with Crippen LogP contribution in [0.5, 0.6) is 0 Å². The maximum Gasteiger partial charge on any atom is 0.373 e. The van der Waals surface area contributed by atoms with Gasteiger partial charge in [0.25, 0.3) is 0 Å². The molecule has 1 heterocycles. The molecule has 6 heteroatoms. The Balaban J connectivity index is 2.11. The number of methoxy groups -OCH3 is 1. The number of halogens is 1. The molecule has 5 nitrogen and oxygen atoms in total. The molecule has 112 valence electrons. The van der Waals surface area contributed by atoms with Gasteiger partial charge in [-0.3, -0.25) is 0 Å². The predicted octanol–water partition coefficient (Wildman–Crippen LogP) is 3.51. The van der Waals surface area contributed by atoms with E-state index in [9.17, 15) is 4.79 Å². The van der Waals surface area contributed by atoms with E-state index in [4.69, 9.17) is 4.42 Å². The summed E-state index contributed by atoms with van der Waals surface area (Å²) in [5.74, 6) is 0.397. The number of ether oxygens (including phenoxy) is 1. The topological polar surface area (TPSA) is 54.7 Å². The summed E-state index contributed by atoms with van der Waals surface area (Å²) < 4.78 is 11.0. The zero-order chi connectivity index (χ0) is 15.4.